The second kappa shape index (κ2) is 5.72. The number of rotatable bonds is 0. The van der Waals surface area contributed by atoms with E-state index in [-0.39, 0.29) is 44.8 Å². The molecule has 0 radical (unpaired) electrons. The minimum Gasteiger partial charge on any atom is -0.303 e. The van der Waals surface area contributed by atoms with Gasteiger partial charge in [-0.05, 0) is 0 Å². The van der Waals surface area contributed by atoms with E-state index in [1.807, 2.05) is 0 Å². The molecule has 0 aliphatic rings. The summed E-state index contributed by atoms with van der Waals surface area (Å²) < 4.78 is 8.88. The van der Waals surface area contributed by atoms with Crippen LogP contribution in [0, 0.1) is 0 Å². The Bertz CT molecular complexity index is 57.8. The van der Waals surface area contributed by atoms with Crippen LogP contribution in [0.3, 0.4) is 0 Å². The van der Waals surface area contributed by atoms with Crippen molar-refractivity contribution in [2.24, 2.45) is 0 Å². The topological polar surface area (TPSA) is 77.8 Å². The van der Waals surface area contributed by atoms with E-state index < -0.39 is 7.82 Å². The van der Waals surface area contributed by atoms with Gasteiger partial charge in [0.1, 0.15) is 0 Å². The Labute approximate surface area is 71.6 Å². The van der Waals surface area contributed by atoms with E-state index in [2.05, 4.69) is 0 Å². The van der Waals surface area contributed by atoms with Crippen molar-refractivity contribution < 1.29 is 41.0 Å². The van der Waals surface area contributed by atoms with Crippen LogP contribution in [-0.4, -0.2) is 37.7 Å². The van der Waals surface area contributed by atoms with Crippen molar-refractivity contribution in [3.8, 4) is 0 Å². The van der Waals surface area contributed by atoms with E-state index in [4.69, 9.17) is 19.2 Å². The number of hydrogen-bond acceptors (Lipinski definition) is 1. The van der Waals surface area contributed by atoms with Crippen molar-refractivity contribution >= 4 is 30.9 Å². The second-order valence-electron chi connectivity index (χ2n) is 0.513. The summed E-state index contributed by atoms with van der Waals surface area (Å²) in [5, 5.41) is 0. The molecule has 0 bridgehead atoms. The van der Waals surface area contributed by atoms with Crippen LogP contribution < -0.4 is 0 Å². The van der Waals surface area contributed by atoms with Gasteiger partial charge in [-0.3, -0.25) is 0 Å². The molecule has 0 rings (SSSR count). The Morgan fingerprint density at radius 3 is 1.14 bits per heavy atom. The van der Waals surface area contributed by atoms with Crippen LogP contribution >= 0.6 is 7.82 Å². The third kappa shape index (κ3) is 93.8. The largest absolute Gasteiger partial charge is 0.466 e. The predicted molar refractivity (Wildman–Crippen MR) is 22.8 cm³/mol. The Kier molecular flexibility index (Phi) is 12.9. The molecule has 0 aromatic carbocycles. The Morgan fingerprint density at radius 2 is 1.14 bits per heavy atom. The molecule has 0 spiro atoms. The molecule has 0 saturated carbocycles. The quantitative estimate of drug-likeness (QED) is 0.296. The zero-order valence-corrected chi connectivity index (χ0v) is 5.15. The molecule has 0 atom stereocenters. The maximum atomic E-state index is 8.88. The summed E-state index contributed by atoms with van der Waals surface area (Å²) in [6.07, 6.45) is 0. The van der Waals surface area contributed by atoms with Crippen LogP contribution in [0.5, 0.6) is 0 Å². The van der Waals surface area contributed by atoms with Gasteiger partial charge in [0.05, 0.1) is 0 Å². The van der Waals surface area contributed by atoms with Crippen molar-refractivity contribution in [3.63, 3.8) is 0 Å². The fourth-order valence-corrected chi connectivity index (χ4v) is 0. The Hall–Kier alpha value is 1.59. The Morgan fingerprint density at radius 1 is 1.14 bits per heavy atom. The minimum absolute atomic E-state index is 0. The fraction of sp³-hybridized carbons (Fsp3) is 0. The summed E-state index contributed by atoms with van der Waals surface area (Å²) in [5.41, 5.74) is 0. The van der Waals surface area contributed by atoms with Crippen molar-refractivity contribution in [3.05, 3.63) is 0 Å². The molecule has 0 aromatic rings. The first kappa shape index (κ1) is 15.8. The Balaban J connectivity index is -0.0000000800. The van der Waals surface area contributed by atoms with Gasteiger partial charge in [-0.1, -0.05) is 0 Å². The normalized spacial score (nSPS) is 8.43. The van der Waals surface area contributed by atoms with Crippen molar-refractivity contribution in [2.75, 3.05) is 0 Å². The van der Waals surface area contributed by atoms with E-state index in [1.165, 1.54) is 0 Å². The maximum Gasteiger partial charge on any atom is 0.466 e. The van der Waals surface area contributed by atoms with Gasteiger partial charge in [0.15, 0.2) is 0 Å². The maximum absolute atomic E-state index is 8.88. The van der Waals surface area contributed by atoms with Crippen molar-refractivity contribution in [1.82, 2.24) is 0 Å². The first-order valence-corrected chi connectivity index (χ1v) is 2.35. The SMILES string of the molecule is O=P(O)(O)O.[MgH2].[Ti]. The number of phosphoric acid groups is 1. The van der Waals surface area contributed by atoms with Crippen LogP contribution in [0.4, 0.5) is 0 Å². The summed E-state index contributed by atoms with van der Waals surface area (Å²) >= 11 is 0. The molecule has 7 heteroatoms. The van der Waals surface area contributed by atoms with E-state index in [1.54, 1.807) is 0 Å². The summed E-state index contributed by atoms with van der Waals surface area (Å²) in [6, 6.07) is 0. The van der Waals surface area contributed by atoms with Gasteiger partial charge in [0.25, 0.3) is 0 Å². The molecule has 0 aliphatic carbocycles. The molecule has 0 aromatic heterocycles. The second-order valence-corrected chi connectivity index (χ2v) is 1.54. The number of hydrogen-bond donors (Lipinski definition) is 3. The van der Waals surface area contributed by atoms with E-state index in [0.29, 0.717) is 0 Å². The summed E-state index contributed by atoms with van der Waals surface area (Å²) in [6.45, 7) is 0. The van der Waals surface area contributed by atoms with Crippen molar-refractivity contribution in [2.45, 2.75) is 0 Å². The van der Waals surface area contributed by atoms with Crippen molar-refractivity contribution in [1.29, 1.82) is 0 Å². The first-order valence-electron chi connectivity index (χ1n) is 0.783. The van der Waals surface area contributed by atoms with Gasteiger partial charge >= 0.3 is 30.9 Å². The first-order chi connectivity index (χ1) is 2.00. The molecular formula is H5MgO4PTi. The van der Waals surface area contributed by atoms with Gasteiger partial charge in [-0.15, -0.1) is 0 Å². The molecule has 0 aliphatic heterocycles. The zero-order valence-electron chi connectivity index (χ0n) is 2.70. The third-order valence-electron chi connectivity index (χ3n) is 0. The van der Waals surface area contributed by atoms with Crippen LogP contribution in [0.1, 0.15) is 0 Å². The average molecular weight is 172 g/mol. The van der Waals surface area contributed by atoms with Gasteiger partial charge in [0, 0.05) is 21.7 Å². The summed E-state index contributed by atoms with van der Waals surface area (Å²) in [5.74, 6) is 0. The van der Waals surface area contributed by atoms with Gasteiger partial charge < -0.3 is 14.7 Å². The predicted octanol–water partition coefficient (Wildman–Crippen LogP) is -1.85. The fourth-order valence-electron chi connectivity index (χ4n) is 0. The molecule has 4 nitrogen and oxygen atoms in total. The third-order valence-corrected chi connectivity index (χ3v) is 0. The van der Waals surface area contributed by atoms with E-state index in [0.717, 1.165) is 0 Å². The molecule has 0 fully saturated rings. The molecule has 7 heavy (non-hydrogen) atoms. The molecule has 0 heterocycles. The minimum atomic E-state index is -4.64. The van der Waals surface area contributed by atoms with Gasteiger partial charge in [-0.25, -0.2) is 4.57 Å². The summed E-state index contributed by atoms with van der Waals surface area (Å²) in [4.78, 5) is 21.6. The standard InChI is InChI=1S/Mg.H3O4P.Ti.2H/c;1-5(2,3)4;;;/h;(H3,1,2,3,4);;;. The van der Waals surface area contributed by atoms with Gasteiger partial charge in [-0.2, -0.15) is 0 Å². The average Bonchev–Trinajstić information content (AvgIpc) is 0.722. The molecule has 40 valence electrons. The van der Waals surface area contributed by atoms with E-state index >= 15 is 0 Å². The zero-order chi connectivity index (χ0) is 4.50. The molecule has 0 unspecified atom stereocenters. The monoisotopic (exact) mass is 172 g/mol. The molecule has 0 saturated heterocycles. The van der Waals surface area contributed by atoms with Crippen LogP contribution in [-0.2, 0) is 26.3 Å². The molecular weight excluding hydrogens is 167 g/mol. The van der Waals surface area contributed by atoms with Gasteiger partial charge in [0.2, 0.25) is 0 Å². The van der Waals surface area contributed by atoms with Crippen LogP contribution in [0.2, 0.25) is 0 Å². The molecule has 3 N–H and O–H groups in total. The molecule has 0 amide bonds. The van der Waals surface area contributed by atoms with Crippen LogP contribution in [0.15, 0.2) is 0 Å². The smallest absolute Gasteiger partial charge is 0.303 e. The van der Waals surface area contributed by atoms with Crippen LogP contribution in [0.25, 0.3) is 0 Å². The summed E-state index contributed by atoms with van der Waals surface area (Å²) in [7, 11) is -4.64. The van der Waals surface area contributed by atoms with E-state index in [9.17, 15) is 0 Å².